The molecule has 1 aromatic carbocycles. The average Bonchev–Trinajstić information content (AvgIpc) is 2.97. The van der Waals surface area contributed by atoms with Crippen LogP contribution in [0.4, 0.5) is 0 Å². The summed E-state index contributed by atoms with van der Waals surface area (Å²) in [5.41, 5.74) is 10.9. The lowest BCUT2D eigenvalue weighted by molar-refractivity contribution is 0.885. The van der Waals surface area contributed by atoms with Gasteiger partial charge in [-0.15, -0.1) is 0 Å². The third-order valence-corrected chi connectivity index (χ3v) is 4.75. The molecule has 0 aliphatic heterocycles. The van der Waals surface area contributed by atoms with Crippen LogP contribution in [0.2, 0.25) is 0 Å². The van der Waals surface area contributed by atoms with Gasteiger partial charge in [0.05, 0.1) is 0 Å². The lowest BCUT2D eigenvalue weighted by Crippen LogP contribution is -2.01. The normalized spacial score (nSPS) is 18.0. The molecule has 0 atom stereocenters. The topological polar surface area (TPSA) is 0 Å². The molecule has 0 saturated heterocycles. The molecule has 0 saturated carbocycles. The van der Waals surface area contributed by atoms with E-state index in [2.05, 4.69) is 0 Å². The van der Waals surface area contributed by atoms with Crippen LogP contribution in [0, 0.1) is 0 Å². The first kappa shape index (κ1) is 15.3. The highest BCUT2D eigenvalue weighted by molar-refractivity contribution is 5.56. The van der Waals surface area contributed by atoms with E-state index in [1.165, 1.54) is 57.8 Å². The van der Waals surface area contributed by atoms with Crippen molar-refractivity contribution in [3.63, 3.8) is 0 Å². The molecule has 0 radical (unpaired) electrons. The second-order valence-corrected chi connectivity index (χ2v) is 5.43. The van der Waals surface area contributed by atoms with Crippen LogP contribution < -0.4 is 0 Å². The van der Waals surface area contributed by atoms with E-state index in [1.807, 2.05) is 33.4 Å². The van der Waals surface area contributed by atoms with Crippen molar-refractivity contribution in [3.05, 3.63) is 33.4 Å². The number of benzene rings is 1. The summed E-state index contributed by atoms with van der Waals surface area (Å²) in [5, 5.41) is 0. The first-order valence-electron chi connectivity index (χ1n) is 6.62. The Labute approximate surface area is 114 Å². The van der Waals surface area contributed by atoms with Gasteiger partial charge in [0.25, 0.3) is 0 Å². The summed E-state index contributed by atoms with van der Waals surface area (Å²) in [6.07, 6.45) is 12.6. The van der Waals surface area contributed by atoms with Crippen molar-refractivity contribution in [1.82, 2.24) is 0 Å². The lowest BCUT2D eigenvalue weighted by Gasteiger charge is -2.14. The van der Waals surface area contributed by atoms with E-state index in [1.54, 1.807) is 0 Å². The molecule has 18 heavy (non-hydrogen) atoms. The molecule has 0 fully saturated rings. The minimum Gasteiger partial charge on any atom is -0.0776 e. The predicted octanol–water partition coefficient (Wildman–Crippen LogP) is 5.06. The molecule has 0 unspecified atom stereocenters. The van der Waals surface area contributed by atoms with Crippen molar-refractivity contribution in [1.29, 1.82) is 0 Å². The van der Waals surface area contributed by atoms with Crippen molar-refractivity contribution in [3.8, 4) is 0 Å². The summed E-state index contributed by atoms with van der Waals surface area (Å²) >= 11 is 0. The molecule has 0 nitrogen and oxygen atoms in total. The summed E-state index contributed by atoms with van der Waals surface area (Å²) in [6, 6.07) is 0. The molecular weight excluding hydrogens is 216 g/mol. The van der Waals surface area contributed by atoms with Crippen LogP contribution >= 0.6 is 0 Å². The molecule has 102 valence electrons. The van der Waals surface area contributed by atoms with Gasteiger partial charge >= 0.3 is 0 Å². The van der Waals surface area contributed by atoms with Crippen LogP contribution in [0.3, 0.4) is 0 Å². The summed E-state index contributed by atoms with van der Waals surface area (Å²) in [7, 11) is 0. The van der Waals surface area contributed by atoms with Gasteiger partial charge in [-0.1, -0.05) is 22.3 Å². The van der Waals surface area contributed by atoms with E-state index in [4.69, 9.17) is 0 Å². The first-order valence-corrected chi connectivity index (χ1v) is 6.62. The molecule has 0 heterocycles. The van der Waals surface area contributed by atoms with Crippen molar-refractivity contribution in [2.75, 3.05) is 0 Å². The molecule has 0 spiro atoms. The van der Waals surface area contributed by atoms with Crippen LogP contribution in [0.5, 0.6) is 0 Å². The number of fused-ring (bicyclic) bond motifs is 6. The van der Waals surface area contributed by atoms with Gasteiger partial charge in [0, 0.05) is 0 Å². The summed E-state index contributed by atoms with van der Waals surface area (Å²) in [4.78, 5) is 0. The van der Waals surface area contributed by atoms with Gasteiger partial charge in [0.2, 0.25) is 0 Å². The van der Waals surface area contributed by atoms with Gasteiger partial charge in [-0.05, 0) is 91.2 Å². The van der Waals surface area contributed by atoms with Crippen molar-refractivity contribution in [2.24, 2.45) is 0 Å². The highest BCUT2D eigenvalue weighted by Gasteiger charge is 2.29. The zero-order valence-corrected chi connectivity index (χ0v) is 9.36. The van der Waals surface area contributed by atoms with Crippen LogP contribution in [0.25, 0.3) is 0 Å². The van der Waals surface area contributed by atoms with Crippen LogP contribution in [0.15, 0.2) is 0 Å². The average molecular weight is 246 g/mol. The number of hydrogen-bond acceptors (Lipinski definition) is 0. The van der Waals surface area contributed by atoms with Crippen molar-refractivity contribution < 1.29 is 0 Å². The van der Waals surface area contributed by atoms with Gasteiger partial charge in [-0.25, -0.2) is 0 Å². The third kappa shape index (κ3) is 1.81. The van der Waals surface area contributed by atoms with E-state index >= 15 is 0 Å². The second-order valence-electron chi connectivity index (χ2n) is 5.43. The molecule has 3 aliphatic carbocycles. The van der Waals surface area contributed by atoms with E-state index in [9.17, 15) is 0 Å². The Morgan fingerprint density at radius 2 is 0.500 bits per heavy atom. The van der Waals surface area contributed by atoms with E-state index < -0.39 is 0 Å². The minimum atomic E-state index is 0. The molecule has 0 bridgehead atoms. The fourth-order valence-electron chi connectivity index (χ4n) is 4.23. The van der Waals surface area contributed by atoms with Gasteiger partial charge < -0.3 is 0 Å². The minimum absolute atomic E-state index is 0. The molecule has 0 N–H and O–H groups in total. The van der Waals surface area contributed by atoms with Gasteiger partial charge in [0.1, 0.15) is 0 Å². The maximum absolute atomic E-state index is 1.81. The Morgan fingerprint density at radius 3 is 0.667 bits per heavy atom. The Morgan fingerprint density at radius 1 is 0.333 bits per heavy atom. The largest absolute Gasteiger partial charge is 0.0776 e. The zero-order chi connectivity index (χ0) is 9.83. The Hall–Kier alpha value is -0.780. The Kier molecular flexibility index (Phi) is 4.64. The van der Waals surface area contributed by atoms with Gasteiger partial charge in [-0.2, -0.15) is 0 Å². The maximum atomic E-state index is 1.81. The van der Waals surface area contributed by atoms with E-state index in [-0.39, 0.29) is 22.3 Å². The molecule has 3 aliphatic rings. The predicted molar refractivity (Wildman–Crippen MR) is 82.7 cm³/mol. The van der Waals surface area contributed by atoms with E-state index in [0.717, 1.165) is 0 Å². The maximum Gasteiger partial charge on any atom is -0.0270 e. The molecule has 1 aromatic rings. The van der Waals surface area contributed by atoms with Crippen LogP contribution in [-0.2, 0) is 38.5 Å². The van der Waals surface area contributed by atoms with Gasteiger partial charge in [0.15, 0.2) is 0 Å². The van der Waals surface area contributed by atoms with Crippen LogP contribution in [-0.4, -0.2) is 0 Å². The smallest absolute Gasteiger partial charge is 0.0270 e. The zero-order valence-electron chi connectivity index (χ0n) is 9.36. The second kappa shape index (κ2) is 5.47. The summed E-state index contributed by atoms with van der Waals surface area (Å²) < 4.78 is 0. The monoisotopic (exact) mass is 246 g/mol. The highest BCUT2D eigenvalue weighted by Crippen LogP contribution is 2.42. The highest BCUT2D eigenvalue weighted by atomic mass is 14.3. The summed E-state index contributed by atoms with van der Waals surface area (Å²) in [5.74, 6) is 0. The van der Waals surface area contributed by atoms with Crippen LogP contribution in [0.1, 0.15) is 74.9 Å². The summed E-state index contributed by atoms with van der Waals surface area (Å²) in [6.45, 7) is 0. The Bertz CT molecular complexity index is 315. The van der Waals surface area contributed by atoms with Gasteiger partial charge in [-0.3, -0.25) is 0 Å². The molecule has 0 amide bonds. The fraction of sp³-hybridized carbons (Fsp3) is 0.667. The number of hydrogen-bond donors (Lipinski definition) is 0. The molecule has 0 aromatic heterocycles. The molecule has 4 rings (SSSR count). The molecular formula is C18H30. The lowest BCUT2D eigenvalue weighted by atomic mass is 9.90. The fourth-order valence-corrected chi connectivity index (χ4v) is 4.23. The quantitative estimate of drug-likeness (QED) is 0.600. The Balaban J connectivity index is 0.000000540. The SMILES string of the molecule is C.C.C.C1Cc2c3c(c4c(c2C1)CCC4)CCC3. The molecule has 0 heteroatoms. The first-order chi connectivity index (χ1) is 7.45. The standard InChI is InChI=1S/C15H18.3CH4/c1-4-10-11(5-1)13-7-3-9-15(13)14-8-2-6-12(10)14;;;/h1-9H2;3*1H4. The van der Waals surface area contributed by atoms with E-state index in [0.29, 0.717) is 0 Å². The number of rotatable bonds is 0. The third-order valence-electron chi connectivity index (χ3n) is 4.75. The van der Waals surface area contributed by atoms with Crippen molar-refractivity contribution in [2.45, 2.75) is 80.1 Å². The van der Waals surface area contributed by atoms with Crippen molar-refractivity contribution >= 4 is 0 Å².